The maximum absolute atomic E-state index is 12.9. The van der Waals surface area contributed by atoms with Crippen molar-refractivity contribution in [3.05, 3.63) is 54.6 Å². The minimum Gasteiger partial charge on any atom is -0.378 e. The van der Waals surface area contributed by atoms with Crippen LogP contribution in [0.3, 0.4) is 0 Å². The largest absolute Gasteiger partial charge is 0.378 e. The van der Waals surface area contributed by atoms with Crippen LogP contribution in [0.5, 0.6) is 0 Å². The molecule has 6 nitrogen and oxygen atoms in total. The van der Waals surface area contributed by atoms with Crippen molar-refractivity contribution in [3.63, 3.8) is 0 Å². The fraction of sp³-hybridized carbons (Fsp3) is 0.333. The van der Waals surface area contributed by atoms with E-state index in [0.29, 0.717) is 26.1 Å². The minimum atomic E-state index is -0.480. The molecular formula is C21H23N3O3. The molecule has 1 unspecified atom stereocenters. The van der Waals surface area contributed by atoms with Crippen LogP contribution in [0.4, 0.5) is 17.1 Å². The lowest BCUT2D eigenvalue weighted by Crippen LogP contribution is -2.41. The molecule has 140 valence electrons. The van der Waals surface area contributed by atoms with Crippen molar-refractivity contribution in [1.29, 1.82) is 0 Å². The van der Waals surface area contributed by atoms with E-state index in [0.717, 1.165) is 30.2 Å². The summed E-state index contributed by atoms with van der Waals surface area (Å²) in [5, 5.41) is 2.99. The Labute approximate surface area is 158 Å². The van der Waals surface area contributed by atoms with Gasteiger partial charge in [-0.1, -0.05) is 24.3 Å². The van der Waals surface area contributed by atoms with E-state index in [1.54, 1.807) is 4.90 Å². The Hall–Kier alpha value is -2.86. The van der Waals surface area contributed by atoms with Crippen LogP contribution in [-0.2, 0) is 14.3 Å². The number of carbonyl (C=O) groups is 2. The van der Waals surface area contributed by atoms with Crippen LogP contribution < -0.4 is 15.1 Å². The van der Waals surface area contributed by atoms with Crippen LogP contribution in [0.1, 0.15) is 12.8 Å². The Bertz CT molecular complexity index is 818. The van der Waals surface area contributed by atoms with Gasteiger partial charge in [-0.3, -0.25) is 14.5 Å². The number of carbonyl (C=O) groups excluding carboxylic acids is 2. The highest BCUT2D eigenvalue weighted by atomic mass is 16.5. The molecular weight excluding hydrogens is 342 g/mol. The fourth-order valence-corrected chi connectivity index (χ4v) is 3.67. The Morgan fingerprint density at radius 3 is 2.52 bits per heavy atom. The summed E-state index contributed by atoms with van der Waals surface area (Å²) in [6, 6.07) is 16.7. The number of para-hydroxylation sites is 1. The number of anilines is 3. The monoisotopic (exact) mass is 365 g/mol. The number of benzene rings is 2. The van der Waals surface area contributed by atoms with Crippen LogP contribution in [0.2, 0.25) is 0 Å². The number of morpholine rings is 1. The van der Waals surface area contributed by atoms with Gasteiger partial charge in [-0.2, -0.15) is 0 Å². The van der Waals surface area contributed by atoms with Gasteiger partial charge in [-0.25, -0.2) is 0 Å². The van der Waals surface area contributed by atoms with Crippen LogP contribution in [-0.4, -0.2) is 44.2 Å². The van der Waals surface area contributed by atoms with Crippen molar-refractivity contribution in [2.75, 3.05) is 41.4 Å². The van der Waals surface area contributed by atoms with E-state index in [9.17, 15) is 9.59 Å². The van der Waals surface area contributed by atoms with E-state index in [2.05, 4.69) is 10.2 Å². The molecule has 6 heteroatoms. The Kier molecular flexibility index (Phi) is 5.07. The molecule has 0 spiro atoms. The highest BCUT2D eigenvalue weighted by Crippen LogP contribution is 2.28. The predicted molar refractivity (Wildman–Crippen MR) is 105 cm³/mol. The van der Waals surface area contributed by atoms with Gasteiger partial charge in [-0.15, -0.1) is 0 Å². The summed E-state index contributed by atoms with van der Waals surface area (Å²) in [6.45, 7) is 3.12. The van der Waals surface area contributed by atoms with Gasteiger partial charge in [0, 0.05) is 36.6 Å². The second-order valence-corrected chi connectivity index (χ2v) is 6.79. The smallest absolute Gasteiger partial charge is 0.247 e. The van der Waals surface area contributed by atoms with E-state index < -0.39 is 6.04 Å². The standard InChI is InChI=1S/C21H23N3O3/c25-20-10-9-19(24(20)17-6-2-1-3-7-17)21(26)22-16-5-4-8-18(15-16)23-11-13-27-14-12-23/h1-8,15,19H,9-14H2,(H,22,26). The van der Waals surface area contributed by atoms with E-state index >= 15 is 0 Å². The molecule has 0 aromatic heterocycles. The quantitative estimate of drug-likeness (QED) is 0.905. The highest BCUT2D eigenvalue weighted by molar-refractivity contribution is 6.07. The third-order valence-corrected chi connectivity index (χ3v) is 5.04. The van der Waals surface area contributed by atoms with Gasteiger partial charge in [0.1, 0.15) is 6.04 Å². The molecule has 0 aliphatic carbocycles. The van der Waals surface area contributed by atoms with Crippen LogP contribution >= 0.6 is 0 Å². The zero-order chi connectivity index (χ0) is 18.6. The molecule has 2 fully saturated rings. The highest BCUT2D eigenvalue weighted by Gasteiger charge is 2.37. The number of nitrogens with zero attached hydrogens (tertiary/aromatic N) is 2. The van der Waals surface area contributed by atoms with E-state index in [-0.39, 0.29) is 11.8 Å². The summed E-state index contributed by atoms with van der Waals surface area (Å²) in [4.78, 5) is 29.1. The third kappa shape index (κ3) is 3.80. The van der Waals surface area contributed by atoms with Gasteiger partial charge in [0.25, 0.3) is 0 Å². The SMILES string of the molecule is O=C(Nc1cccc(N2CCOCC2)c1)C1CCC(=O)N1c1ccccc1. The zero-order valence-corrected chi connectivity index (χ0v) is 15.1. The zero-order valence-electron chi connectivity index (χ0n) is 15.1. The topological polar surface area (TPSA) is 61.9 Å². The molecule has 2 aliphatic heterocycles. The average Bonchev–Trinajstić information content (AvgIpc) is 3.11. The first-order valence-corrected chi connectivity index (χ1v) is 9.33. The maximum atomic E-state index is 12.9. The Morgan fingerprint density at radius 1 is 1.00 bits per heavy atom. The predicted octanol–water partition coefficient (Wildman–Crippen LogP) is 2.66. The van der Waals surface area contributed by atoms with Crippen molar-refractivity contribution < 1.29 is 14.3 Å². The van der Waals surface area contributed by atoms with Crippen molar-refractivity contribution in [1.82, 2.24) is 0 Å². The maximum Gasteiger partial charge on any atom is 0.247 e. The van der Waals surface area contributed by atoms with E-state index in [1.165, 1.54) is 0 Å². The van der Waals surface area contributed by atoms with Crippen molar-refractivity contribution in [2.24, 2.45) is 0 Å². The summed E-state index contributed by atoms with van der Waals surface area (Å²) in [5.74, 6) is -0.160. The molecule has 0 radical (unpaired) electrons. The Balaban J connectivity index is 1.49. The van der Waals surface area contributed by atoms with Crippen molar-refractivity contribution >= 4 is 28.9 Å². The van der Waals surface area contributed by atoms with Crippen LogP contribution in [0.25, 0.3) is 0 Å². The lowest BCUT2D eigenvalue weighted by atomic mass is 10.1. The molecule has 4 rings (SSSR count). The fourth-order valence-electron chi connectivity index (χ4n) is 3.67. The van der Waals surface area contributed by atoms with Gasteiger partial charge in [0.2, 0.25) is 11.8 Å². The van der Waals surface area contributed by atoms with Crippen LogP contribution in [0.15, 0.2) is 54.6 Å². The molecule has 27 heavy (non-hydrogen) atoms. The van der Waals surface area contributed by atoms with E-state index in [4.69, 9.17) is 4.74 Å². The van der Waals surface area contributed by atoms with Gasteiger partial charge >= 0.3 is 0 Å². The summed E-state index contributed by atoms with van der Waals surface area (Å²) < 4.78 is 5.40. The summed E-state index contributed by atoms with van der Waals surface area (Å²) in [6.07, 6.45) is 0.920. The lowest BCUT2D eigenvalue weighted by Gasteiger charge is -2.29. The van der Waals surface area contributed by atoms with Gasteiger partial charge in [-0.05, 0) is 36.8 Å². The van der Waals surface area contributed by atoms with Gasteiger partial charge < -0.3 is 15.0 Å². The minimum absolute atomic E-state index is 0.0107. The molecule has 2 heterocycles. The first kappa shape index (κ1) is 17.5. The molecule has 1 atom stereocenters. The molecule has 0 bridgehead atoms. The molecule has 2 aliphatic rings. The van der Waals surface area contributed by atoms with Crippen molar-refractivity contribution in [2.45, 2.75) is 18.9 Å². The first-order chi connectivity index (χ1) is 13.2. The molecule has 2 aromatic carbocycles. The summed E-state index contributed by atoms with van der Waals surface area (Å²) in [5.41, 5.74) is 2.58. The van der Waals surface area contributed by atoms with Gasteiger partial charge in [0.15, 0.2) is 0 Å². The number of hydrogen-bond acceptors (Lipinski definition) is 4. The lowest BCUT2D eigenvalue weighted by molar-refractivity contribution is -0.120. The number of ether oxygens (including phenoxy) is 1. The Morgan fingerprint density at radius 2 is 1.74 bits per heavy atom. The van der Waals surface area contributed by atoms with E-state index in [1.807, 2.05) is 54.6 Å². The molecule has 2 aromatic rings. The average molecular weight is 365 g/mol. The number of rotatable bonds is 4. The molecule has 0 saturated carbocycles. The van der Waals surface area contributed by atoms with Crippen LogP contribution in [0, 0.1) is 0 Å². The molecule has 1 N–H and O–H groups in total. The van der Waals surface area contributed by atoms with Gasteiger partial charge in [0.05, 0.1) is 13.2 Å². The molecule has 2 amide bonds. The summed E-state index contributed by atoms with van der Waals surface area (Å²) in [7, 11) is 0. The van der Waals surface area contributed by atoms with Crippen molar-refractivity contribution in [3.8, 4) is 0 Å². The second-order valence-electron chi connectivity index (χ2n) is 6.79. The third-order valence-electron chi connectivity index (χ3n) is 5.04. The normalized spacial score (nSPS) is 20.0. The number of nitrogens with one attached hydrogen (secondary N) is 1. The first-order valence-electron chi connectivity index (χ1n) is 9.33. The summed E-state index contributed by atoms with van der Waals surface area (Å²) >= 11 is 0. The number of amides is 2. The molecule has 2 saturated heterocycles. The number of hydrogen-bond donors (Lipinski definition) is 1. The second kappa shape index (κ2) is 7.80.